The number of alkyl halides is 3. The van der Waals surface area contributed by atoms with Crippen LogP contribution in [0.25, 0.3) is 11.1 Å². The maximum absolute atomic E-state index is 13.8. The van der Waals surface area contributed by atoms with Crippen LogP contribution in [0.5, 0.6) is 0 Å². The van der Waals surface area contributed by atoms with Crippen LogP contribution in [0.4, 0.5) is 13.2 Å². The summed E-state index contributed by atoms with van der Waals surface area (Å²) < 4.78 is 44.7. The topological polar surface area (TPSA) is 75.7 Å². The first-order valence-corrected chi connectivity index (χ1v) is 13.0. The van der Waals surface area contributed by atoms with E-state index >= 15 is 0 Å². The molecule has 0 saturated heterocycles. The second-order valence-electron chi connectivity index (χ2n) is 9.64. The molecule has 5 rings (SSSR count). The van der Waals surface area contributed by atoms with Gasteiger partial charge in [0, 0.05) is 36.8 Å². The number of halogens is 5. The van der Waals surface area contributed by atoms with E-state index in [9.17, 15) is 18.0 Å². The molecule has 2 heterocycles. The highest BCUT2D eigenvalue weighted by atomic mass is 35.5. The number of rotatable bonds is 7. The van der Waals surface area contributed by atoms with E-state index in [2.05, 4.69) is 10.3 Å². The van der Waals surface area contributed by atoms with Crippen LogP contribution in [0.1, 0.15) is 46.1 Å². The predicted octanol–water partition coefficient (Wildman–Crippen LogP) is 6.62. The molecule has 11 heteroatoms. The molecule has 1 fully saturated rings. The number of amides is 1. The number of carbonyl (C=O) groups excluding carboxylic acids is 1. The number of nitrogens with zero attached hydrogens (tertiary/aromatic N) is 3. The minimum atomic E-state index is -4.68. The maximum atomic E-state index is 13.8. The summed E-state index contributed by atoms with van der Waals surface area (Å²) in [4.78, 5) is 17.2. The van der Waals surface area contributed by atoms with Gasteiger partial charge in [-0.15, -0.1) is 0 Å². The van der Waals surface area contributed by atoms with Gasteiger partial charge in [0.25, 0.3) is 5.91 Å². The number of hydrogen-bond donors (Lipinski definition) is 2. The van der Waals surface area contributed by atoms with Crippen LogP contribution in [-0.4, -0.2) is 20.0 Å². The van der Waals surface area contributed by atoms with Gasteiger partial charge in [0.15, 0.2) is 5.69 Å². The number of carbonyl (C=O) groups is 1. The van der Waals surface area contributed by atoms with Crippen LogP contribution in [-0.2, 0) is 19.8 Å². The Morgan fingerprint density at radius 1 is 1.13 bits per heavy atom. The minimum Gasteiger partial charge on any atom is -0.345 e. The summed E-state index contributed by atoms with van der Waals surface area (Å²) in [5, 5.41) is 12.1. The first-order chi connectivity index (χ1) is 18.5. The van der Waals surface area contributed by atoms with Crippen molar-refractivity contribution in [3.8, 4) is 11.1 Å². The first-order valence-electron chi connectivity index (χ1n) is 12.2. The molecule has 2 aromatic carbocycles. The van der Waals surface area contributed by atoms with Gasteiger partial charge in [-0.05, 0) is 71.8 Å². The molecule has 1 atom stereocenters. The highest BCUT2D eigenvalue weighted by molar-refractivity contribution is 6.42. The van der Waals surface area contributed by atoms with Crippen molar-refractivity contribution >= 4 is 29.1 Å². The Morgan fingerprint density at radius 2 is 1.90 bits per heavy atom. The van der Waals surface area contributed by atoms with Crippen LogP contribution in [0, 0.1) is 11.3 Å². The second-order valence-corrected chi connectivity index (χ2v) is 10.5. The number of aromatic nitrogens is 3. The predicted molar refractivity (Wildman–Crippen MR) is 142 cm³/mol. The van der Waals surface area contributed by atoms with Crippen molar-refractivity contribution in [3.05, 3.63) is 105 Å². The molecule has 202 valence electrons. The summed E-state index contributed by atoms with van der Waals surface area (Å²) in [6.07, 6.45) is 1.68. The summed E-state index contributed by atoms with van der Waals surface area (Å²) in [5.41, 5.74) is 0.824. The standard InChI is InChI=1S/C28H24Cl2F3N5O/c1-37-9-10-38(27(37)34)15-16-11-19(21-3-2-8-35-25(21)28(31,32)33)13-20(12-16)26(39)36-24(17-4-5-17)18-6-7-22(29)23(30)14-18/h2-3,6-14,17,24,34H,4-5,15H2,1H3,(H,36,39)/t24-/m0/s1. The summed E-state index contributed by atoms with van der Waals surface area (Å²) in [5.74, 6) is -0.211. The minimum absolute atomic E-state index is 0.131. The fourth-order valence-electron chi connectivity index (χ4n) is 4.62. The van der Waals surface area contributed by atoms with Gasteiger partial charge >= 0.3 is 6.18 Å². The lowest BCUT2D eigenvalue weighted by Crippen LogP contribution is -2.30. The van der Waals surface area contributed by atoms with E-state index in [4.69, 9.17) is 28.6 Å². The molecule has 2 N–H and O–H groups in total. The molecular formula is C28H24Cl2F3N5O. The smallest absolute Gasteiger partial charge is 0.345 e. The van der Waals surface area contributed by atoms with Gasteiger partial charge < -0.3 is 14.5 Å². The summed E-state index contributed by atoms with van der Waals surface area (Å²) >= 11 is 12.3. The number of hydrogen-bond acceptors (Lipinski definition) is 3. The average Bonchev–Trinajstić information content (AvgIpc) is 3.70. The first kappa shape index (κ1) is 27.0. The summed E-state index contributed by atoms with van der Waals surface area (Å²) in [7, 11) is 1.72. The molecule has 2 aromatic heterocycles. The van der Waals surface area contributed by atoms with Crippen molar-refractivity contribution in [1.29, 1.82) is 5.41 Å². The van der Waals surface area contributed by atoms with Gasteiger partial charge in [-0.1, -0.05) is 35.3 Å². The maximum Gasteiger partial charge on any atom is 0.433 e. The Balaban J connectivity index is 1.56. The summed E-state index contributed by atoms with van der Waals surface area (Å²) in [6, 6.07) is 12.3. The molecule has 0 bridgehead atoms. The molecule has 6 nitrogen and oxygen atoms in total. The molecular weight excluding hydrogens is 550 g/mol. The second kappa shape index (κ2) is 10.5. The van der Waals surface area contributed by atoms with Crippen molar-refractivity contribution < 1.29 is 18.0 Å². The highest BCUT2D eigenvalue weighted by Gasteiger charge is 2.36. The van der Waals surface area contributed by atoms with Gasteiger partial charge in [-0.3, -0.25) is 15.2 Å². The Kier molecular flexibility index (Phi) is 7.31. The van der Waals surface area contributed by atoms with Crippen molar-refractivity contribution in [1.82, 2.24) is 19.4 Å². The van der Waals surface area contributed by atoms with E-state index in [1.165, 1.54) is 18.2 Å². The zero-order valence-electron chi connectivity index (χ0n) is 20.8. The van der Waals surface area contributed by atoms with Crippen LogP contribution < -0.4 is 10.9 Å². The monoisotopic (exact) mass is 573 g/mol. The molecule has 0 radical (unpaired) electrons. The van der Waals surface area contributed by atoms with E-state index in [-0.39, 0.29) is 40.8 Å². The van der Waals surface area contributed by atoms with E-state index in [1.54, 1.807) is 52.8 Å². The third kappa shape index (κ3) is 5.89. The fourth-order valence-corrected chi connectivity index (χ4v) is 4.92. The number of nitrogens with one attached hydrogen (secondary N) is 2. The van der Waals surface area contributed by atoms with E-state index < -0.39 is 17.8 Å². The molecule has 1 aliphatic rings. The molecule has 4 aromatic rings. The molecule has 1 amide bonds. The Morgan fingerprint density at radius 3 is 2.54 bits per heavy atom. The lowest BCUT2D eigenvalue weighted by Gasteiger charge is -2.20. The molecule has 0 unspecified atom stereocenters. The van der Waals surface area contributed by atoms with Gasteiger partial charge in [0.1, 0.15) is 0 Å². The van der Waals surface area contributed by atoms with E-state index in [0.29, 0.717) is 15.6 Å². The number of imidazole rings is 1. The van der Waals surface area contributed by atoms with E-state index in [0.717, 1.165) is 24.6 Å². The van der Waals surface area contributed by atoms with Gasteiger partial charge in [-0.2, -0.15) is 13.2 Å². The Labute approximate surface area is 232 Å². The number of pyridine rings is 1. The van der Waals surface area contributed by atoms with Crippen LogP contribution in [0.2, 0.25) is 10.0 Å². The quantitative estimate of drug-likeness (QED) is 0.260. The zero-order chi connectivity index (χ0) is 27.9. The SMILES string of the molecule is Cn1ccn(Cc2cc(C(=O)N[C@H](c3ccc(Cl)c(Cl)c3)C3CC3)cc(-c3cccnc3C(F)(F)F)c2)c1=N. The third-order valence-electron chi connectivity index (χ3n) is 6.75. The van der Waals surface area contributed by atoms with E-state index in [1.807, 2.05) is 6.07 Å². The highest BCUT2D eigenvalue weighted by Crippen LogP contribution is 2.42. The summed E-state index contributed by atoms with van der Waals surface area (Å²) in [6.45, 7) is 0.189. The fraction of sp³-hybridized carbons (Fsp3) is 0.250. The van der Waals surface area contributed by atoms with Gasteiger partial charge in [0.2, 0.25) is 5.62 Å². The molecule has 1 saturated carbocycles. The van der Waals surface area contributed by atoms with Crippen LogP contribution in [0.15, 0.2) is 67.1 Å². The number of aryl methyl sites for hydroxylation is 1. The van der Waals surface area contributed by atoms with Crippen LogP contribution in [0.3, 0.4) is 0 Å². The molecule has 1 aliphatic carbocycles. The van der Waals surface area contributed by atoms with Crippen molar-refractivity contribution in [2.45, 2.75) is 31.6 Å². The zero-order valence-corrected chi connectivity index (χ0v) is 22.3. The molecule has 39 heavy (non-hydrogen) atoms. The lowest BCUT2D eigenvalue weighted by molar-refractivity contribution is -0.140. The van der Waals surface area contributed by atoms with Gasteiger partial charge in [0.05, 0.1) is 22.6 Å². The normalized spacial score (nSPS) is 14.3. The molecule has 0 aliphatic heterocycles. The largest absolute Gasteiger partial charge is 0.433 e. The van der Waals surface area contributed by atoms with Crippen molar-refractivity contribution in [3.63, 3.8) is 0 Å². The average molecular weight is 574 g/mol. The Hall–Kier alpha value is -3.56. The number of benzene rings is 2. The third-order valence-corrected chi connectivity index (χ3v) is 7.49. The van der Waals surface area contributed by atoms with Gasteiger partial charge in [-0.25, -0.2) is 0 Å². The van der Waals surface area contributed by atoms with Crippen molar-refractivity contribution in [2.24, 2.45) is 13.0 Å². The van der Waals surface area contributed by atoms with Crippen molar-refractivity contribution in [2.75, 3.05) is 0 Å². The molecule has 0 spiro atoms. The van der Waals surface area contributed by atoms with Crippen LogP contribution >= 0.6 is 23.2 Å². The Bertz CT molecular complexity index is 1610. The lowest BCUT2D eigenvalue weighted by atomic mass is 9.97.